The molecule has 116 valence electrons. The normalized spacial score (nSPS) is 17.3. The highest BCUT2D eigenvalue weighted by Crippen LogP contribution is 2.12. The zero-order chi connectivity index (χ0) is 16.1. The summed E-state index contributed by atoms with van der Waals surface area (Å²) in [5.41, 5.74) is 7.35. The van der Waals surface area contributed by atoms with E-state index in [-0.39, 0.29) is 18.2 Å². The minimum absolute atomic E-state index is 0.0398. The third kappa shape index (κ3) is 3.91. The van der Waals surface area contributed by atoms with E-state index in [9.17, 15) is 9.59 Å². The van der Waals surface area contributed by atoms with Crippen LogP contribution < -0.4 is 15.8 Å². The molecule has 1 aliphatic heterocycles. The van der Waals surface area contributed by atoms with Gasteiger partial charge in [0.15, 0.2) is 0 Å². The van der Waals surface area contributed by atoms with Crippen molar-refractivity contribution in [3.8, 4) is 0 Å². The Kier molecular flexibility index (Phi) is 4.88. The lowest BCUT2D eigenvalue weighted by molar-refractivity contribution is -0.127. The summed E-state index contributed by atoms with van der Waals surface area (Å²) in [5, 5.41) is 7.70. The van der Waals surface area contributed by atoms with Crippen molar-refractivity contribution in [2.24, 2.45) is 16.1 Å². The Morgan fingerprint density at radius 1 is 1.41 bits per heavy atom. The molecule has 7 nitrogen and oxygen atoms in total. The van der Waals surface area contributed by atoms with Gasteiger partial charge in [0.1, 0.15) is 0 Å². The van der Waals surface area contributed by atoms with Crippen LogP contribution in [0.5, 0.6) is 0 Å². The zero-order valence-corrected chi connectivity index (χ0v) is 12.8. The van der Waals surface area contributed by atoms with Crippen molar-refractivity contribution in [3.63, 3.8) is 0 Å². The first kappa shape index (κ1) is 15.7. The van der Waals surface area contributed by atoms with Gasteiger partial charge >= 0.3 is 0 Å². The van der Waals surface area contributed by atoms with E-state index < -0.39 is 5.92 Å². The maximum atomic E-state index is 11.8. The van der Waals surface area contributed by atoms with Crippen LogP contribution in [-0.4, -0.2) is 37.8 Å². The predicted octanol–water partition coefficient (Wildman–Crippen LogP) is 0.715. The van der Waals surface area contributed by atoms with E-state index in [1.165, 1.54) is 0 Å². The van der Waals surface area contributed by atoms with E-state index in [0.29, 0.717) is 5.71 Å². The quantitative estimate of drug-likeness (QED) is 0.620. The van der Waals surface area contributed by atoms with Crippen molar-refractivity contribution in [1.29, 1.82) is 0 Å². The number of hydrogen-bond acceptors (Lipinski definition) is 5. The standard InChI is InChI=1S/C15H19N5O2/c1-10-13(15(22)19-17-10)8-14(21)18-16-9-11-4-6-12(7-5-11)20(2)3/h4-7,9,13H,8H2,1-3H3,(H,18,21)(H,19,22)/b16-9+. The molecule has 22 heavy (non-hydrogen) atoms. The van der Waals surface area contributed by atoms with Crippen LogP contribution in [0.3, 0.4) is 0 Å². The summed E-state index contributed by atoms with van der Waals surface area (Å²) in [4.78, 5) is 25.2. The number of carbonyl (C=O) groups is 2. The molecule has 0 aliphatic carbocycles. The molecule has 2 N–H and O–H groups in total. The second-order valence-electron chi connectivity index (χ2n) is 5.27. The number of rotatable bonds is 5. The van der Waals surface area contributed by atoms with Crippen molar-refractivity contribution in [2.45, 2.75) is 13.3 Å². The smallest absolute Gasteiger partial charge is 0.249 e. The van der Waals surface area contributed by atoms with Gasteiger partial charge in [0.25, 0.3) is 0 Å². The molecule has 2 amide bonds. The number of hydrazone groups is 2. The van der Waals surface area contributed by atoms with Gasteiger partial charge in [-0.15, -0.1) is 0 Å². The molecule has 0 saturated carbocycles. The molecule has 1 aromatic rings. The Labute approximate surface area is 129 Å². The van der Waals surface area contributed by atoms with Crippen molar-refractivity contribution in [3.05, 3.63) is 29.8 Å². The Hall–Kier alpha value is -2.70. The van der Waals surface area contributed by atoms with Crippen molar-refractivity contribution in [2.75, 3.05) is 19.0 Å². The van der Waals surface area contributed by atoms with Crippen molar-refractivity contribution >= 4 is 29.4 Å². The predicted molar refractivity (Wildman–Crippen MR) is 85.9 cm³/mol. The van der Waals surface area contributed by atoms with Crippen LogP contribution >= 0.6 is 0 Å². The van der Waals surface area contributed by atoms with E-state index in [4.69, 9.17) is 0 Å². The molecule has 0 saturated heterocycles. The molecule has 0 bridgehead atoms. The van der Waals surface area contributed by atoms with Crippen LogP contribution in [0.2, 0.25) is 0 Å². The summed E-state index contributed by atoms with van der Waals surface area (Å²) in [5.74, 6) is -1.08. The Morgan fingerprint density at radius 2 is 2.09 bits per heavy atom. The van der Waals surface area contributed by atoms with Gasteiger partial charge in [0, 0.05) is 31.9 Å². The molecule has 0 fully saturated rings. The molecular formula is C15H19N5O2. The van der Waals surface area contributed by atoms with Gasteiger partial charge in [-0.2, -0.15) is 10.2 Å². The lowest BCUT2D eigenvalue weighted by Crippen LogP contribution is -2.29. The summed E-state index contributed by atoms with van der Waals surface area (Å²) in [6.07, 6.45) is 1.60. The molecule has 7 heteroatoms. The van der Waals surface area contributed by atoms with Crippen LogP contribution in [0.4, 0.5) is 5.69 Å². The van der Waals surface area contributed by atoms with Crippen molar-refractivity contribution < 1.29 is 9.59 Å². The van der Waals surface area contributed by atoms with E-state index in [0.717, 1.165) is 11.3 Å². The number of hydrogen-bond donors (Lipinski definition) is 2. The van der Waals surface area contributed by atoms with Gasteiger partial charge in [-0.05, 0) is 24.6 Å². The Bertz CT molecular complexity index is 619. The van der Waals surface area contributed by atoms with Crippen LogP contribution in [0.25, 0.3) is 0 Å². The van der Waals surface area contributed by atoms with E-state index in [1.807, 2.05) is 43.3 Å². The molecule has 0 spiro atoms. The topological polar surface area (TPSA) is 86.2 Å². The van der Waals surface area contributed by atoms with Gasteiger partial charge in [0.2, 0.25) is 11.8 Å². The summed E-state index contributed by atoms with van der Waals surface area (Å²) in [6, 6.07) is 7.75. The summed E-state index contributed by atoms with van der Waals surface area (Å²) in [7, 11) is 3.93. The Balaban J connectivity index is 1.85. The van der Waals surface area contributed by atoms with Gasteiger partial charge < -0.3 is 4.90 Å². The second kappa shape index (κ2) is 6.84. The highest BCUT2D eigenvalue weighted by Gasteiger charge is 2.28. The third-order valence-corrected chi connectivity index (χ3v) is 3.37. The Morgan fingerprint density at radius 3 is 2.64 bits per heavy atom. The number of nitrogens with one attached hydrogen (secondary N) is 2. The molecular weight excluding hydrogens is 282 g/mol. The lowest BCUT2D eigenvalue weighted by atomic mass is 10.0. The third-order valence-electron chi connectivity index (χ3n) is 3.37. The number of benzene rings is 1. The highest BCUT2D eigenvalue weighted by molar-refractivity contribution is 6.09. The summed E-state index contributed by atoms with van der Waals surface area (Å²) < 4.78 is 0. The van der Waals surface area contributed by atoms with Gasteiger partial charge in [-0.25, -0.2) is 10.9 Å². The maximum Gasteiger partial charge on any atom is 0.249 e. The summed E-state index contributed by atoms with van der Waals surface area (Å²) in [6.45, 7) is 1.71. The molecule has 1 atom stereocenters. The summed E-state index contributed by atoms with van der Waals surface area (Å²) >= 11 is 0. The SMILES string of the molecule is CC1=NNC(=O)C1CC(=O)N/N=C/c1ccc(N(C)C)cc1. The molecule has 0 radical (unpaired) electrons. The fourth-order valence-corrected chi connectivity index (χ4v) is 2.00. The molecule has 1 heterocycles. The monoisotopic (exact) mass is 301 g/mol. The van der Waals surface area contributed by atoms with Crippen LogP contribution in [0.1, 0.15) is 18.9 Å². The fourth-order valence-electron chi connectivity index (χ4n) is 2.00. The highest BCUT2D eigenvalue weighted by atomic mass is 16.2. The minimum atomic E-state index is -0.505. The van der Waals surface area contributed by atoms with Gasteiger partial charge in [-0.1, -0.05) is 12.1 Å². The van der Waals surface area contributed by atoms with E-state index in [1.54, 1.807) is 13.1 Å². The number of carbonyl (C=O) groups excluding carboxylic acids is 2. The molecule has 1 unspecified atom stereocenters. The largest absolute Gasteiger partial charge is 0.378 e. The maximum absolute atomic E-state index is 11.8. The average molecular weight is 301 g/mol. The molecule has 0 aromatic heterocycles. The van der Waals surface area contributed by atoms with Crippen LogP contribution in [-0.2, 0) is 9.59 Å². The number of amides is 2. The molecule has 2 rings (SSSR count). The van der Waals surface area contributed by atoms with Crippen LogP contribution in [0.15, 0.2) is 34.5 Å². The molecule has 1 aromatic carbocycles. The first-order chi connectivity index (χ1) is 10.5. The lowest BCUT2D eigenvalue weighted by Gasteiger charge is -2.11. The average Bonchev–Trinajstić information content (AvgIpc) is 2.79. The number of anilines is 1. The fraction of sp³-hybridized carbons (Fsp3) is 0.333. The van der Waals surface area contributed by atoms with E-state index in [2.05, 4.69) is 21.1 Å². The molecule has 1 aliphatic rings. The first-order valence-corrected chi connectivity index (χ1v) is 6.90. The zero-order valence-electron chi connectivity index (χ0n) is 12.8. The van der Waals surface area contributed by atoms with Gasteiger partial charge in [0.05, 0.1) is 12.1 Å². The second-order valence-corrected chi connectivity index (χ2v) is 5.27. The first-order valence-electron chi connectivity index (χ1n) is 6.90. The number of nitrogens with zero attached hydrogens (tertiary/aromatic N) is 3. The van der Waals surface area contributed by atoms with E-state index >= 15 is 0 Å². The minimum Gasteiger partial charge on any atom is -0.378 e. The van der Waals surface area contributed by atoms with Crippen molar-refractivity contribution in [1.82, 2.24) is 10.9 Å². The van der Waals surface area contributed by atoms with Gasteiger partial charge in [-0.3, -0.25) is 9.59 Å². The van der Waals surface area contributed by atoms with Crippen LogP contribution in [0, 0.1) is 5.92 Å².